The molecule has 0 spiro atoms. The number of aryl methyl sites for hydroxylation is 2. The van der Waals surface area contributed by atoms with E-state index in [0.717, 1.165) is 16.7 Å². The average molecular weight is 486 g/mol. The van der Waals surface area contributed by atoms with E-state index in [0.29, 0.717) is 33.7 Å². The number of ether oxygens (including phenoxy) is 2. The number of fused-ring (bicyclic) bond motifs is 1. The molecule has 0 bridgehead atoms. The molecule has 4 aromatic rings. The number of anilines is 1. The monoisotopic (exact) mass is 485 g/mol. The molecule has 1 aromatic heterocycles. The Labute approximate surface area is 210 Å². The van der Waals surface area contributed by atoms with Gasteiger partial charge in [-0.25, -0.2) is 0 Å². The molecule has 0 radical (unpaired) electrons. The molecule has 0 saturated heterocycles. The molecule has 1 amide bonds. The summed E-state index contributed by atoms with van der Waals surface area (Å²) in [6.45, 7) is 9.98. The minimum Gasteiger partial charge on any atom is -0.497 e. The zero-order chi connectivity index (χ0) is 26.0. The van der Waals surface area contributed by atoms with Gasteiger partial charge in [-0.05, 0) is 72.4 Å². The summed E-state index contributed by atoms with van der Waals surface area (Å²) in [6.07, 6.45) is 0. The second-order valence-electron chi connectivity index (χ2n) is 9.91. The van der Waals surface area contributed by atoms with Crippen LogP contribution in [0.5, 0.6) is 11.5 Å². The molecule has 1 N–H and O–H groups in total. The van der Waals surface area contributed by atoms with Gasteiger partial charge in [-0.15, -0.1) is 0 Å². The van der Waals surface area contributed by atoms with E-state index in [1.54, 1.807) is 37.4 Å². The van der Waals surface area contributed by atoms with Gasteiger partial charge < -0.3 is 19.2 Å². The SMILES string of the molecule is COc1ccc(NC(=O)COc2c(-c3ccc(C(C)(C)C)cc3)oc3cc(C)c(C)cc3c2=O)cc1. The van der Waals surface area contributed by atoms with Crippen molar-refractivity contribution in [3.8, 4) is 22.8 Å². The highest BCUT2D eigenvalue weighted by atomic mass is 16.5. The maximum Gasteiger partial charge on any atom is 0.262 e. The molecule has 0 aliphatic rings. The van der Waals surface area contributed by atoms with Crippen LogP contribution >= 0.6 is 0 Å². The number of hydrogen-bond acceptors (Lipinski definition) is 5. The number of carbonyl (C=O) groups is 1. The van der Waals surface area contributed by atoms with E-state index in [1.165, 1.54) is 0 Å². The Morgan fingerprint density at radius 1 is 0.944 bits per heavy atom. The zero-order valence-electron chi connectivity index (χ0n) is 21.5. The van der Waals surface area contributed by atoms with Crippen molar-refractivity contribution < 1.29 is 18.7 Å². The summed E-state index contributed by atoms with van der Waals surface area (Å²) in [5.74, 6) is 0.604. The summed E-state index contributed by atoms with van der Waals surface area (Å²) in [5, 5.41) is 3.18. The van der Waals surface area contributed by atoms with Gasteiger partial charge in [-0.3, -0.25) is 9.59 Å². The van der Waals surface area contributed by atoms with Crippen molar-refractivity contribution in [1.82, 2.24) is 0 Å². The van der Waals surface area contributed by atoms with E-state index < -0.39 is 5.91 Å². The first-order valence-electron chi connectivity index (χ1n) is 11.8. The standard InChI is InChI=1S/C30H31NO5/c1-18-15-24-25(16-19(18)2)36-28(20-7-9-21(10-8-20)30(3,4)5)29(27(24)33)35-17-26(32)31-22-11-13-23(34-6)14-12-22/h7-16H,17H2,1-6H3,(H,31,32). The normalized spacial score (nSPS) is 11.4. The quantitative estimate of drug-likeness (QED) is 0.342. The van der Waals surface area contributed by atoms with Gasteiger partial charge in [0.25, 0.3) is 5.91 Å². The van der Waals surface area contributed by atoms with Crippen molar-refractivity contribution in [2.24, 2.45) is 0 Å². The van der Waals surface area contributed by atoms with E-state index >= 15 is 0 Å². The van der Waals surface area contributed by atoms with Crippen LogP contribution < -0.4 is 20.2 Å². The van der Waals surface area contributed by atoms with E-state index in [-0.39, 0.29) is 23.2 Å². The van der Waals surface area contributed by atoms with E-state index in [2.05, 4.69) is 26.1 Å². The van der Waals surface area contributed by atoms with Gasteiger partial charge in [0.2, 0.25) is 11.2 Å². The minimum absolute atomic E-state index is 0.0131. The fourth-order valence-electron chi connectivity index (χ4n) is 3.89. The Morgan fingerprint density at radius 3 is 2.19 bits per heavy atom. The topological polar surface area (TPSA) is 77.8 Å². The Balaban J connectivity index is 1.70. The van der Waals surface area contributed by atoms with Crippen molar-refractivity contribution in [2.45, 2.75) is 40.0 Å². The van der Waals surface area contributed by atoms with Crippen molar-refractivity contribution in [1.29, 1.82) is 0 Å². The van der Waals surface area contributed by atoms with Gasteiger partial charge in [-0.1, -0.05) is 45.0 Å². The Kier molecular flexibility index (Phi) is 6.88. The minimum atomic E-state index is -0.395. The number of methoxy groups -OCH3 is 1. The van der Waals surface area contributed by atoms with Crippen molar-refractivity contribution >= 4 is 22.6 Å². The Morgan fingerprint density at radius 2 is 1.58 bits per heavy atom. The molecule has 0 unspecified atom stereocenters. The predicted octanol–water partition coefficient (Wildman–Crippen LogP) is 6.40. The summed E-state index contributed by atoms with van der Waals surface area (Å²) in [7, 11) is 1.58. The predicted molar refractivity (Wildman–Crippen MR) is 143 cm³/mol. The van der Waals surface area contributed by atoms with Crippen LogP contribution in [0.2, 0.25) is 0 Å². The van der Waals surface area contributed by atoms with Gasteiger partial charge in [0.1, 0.15) is 11.3 Å². The fourth-order valence-corrected chi connectivity index (χ4v) is 3.89. The summed E-state index contributed by atoms with van der Waals surface area (Å²) < 4.78 is 17.2. The lowest BCUT2D eigenvalue weighted by atomic mass is 9.86. The zero-order valence-corrected chi connectivity index (χ0v) is 21.5. The number of amides is 1. The van der Waals surface area contributed by atoms with Crippen LogP contribution in [0.25, 0.3) is 22.3 Å². The number of benzene rings is 3. The van der Waals surface area contributed by atoms with Crippen molar-refractivity contribution in [3.05, 3.63) is 87.6 Å². The maximum absolute atomic E-state index is 13.5. The summed E-state index contributed by atoms with van der Waals surface area (Å²) in [4.78, 5) is 26.1. The smallest absolute Gasteiger partial charge is 0.262 e. The molecule has 4 rings (SSSR count). The van der Waals surface area contributed by atoms with Crippen LogP contribution in [0.1, 0.15) is 37.5 Å². The molecule has 0 fully saturated rings. The summed E-state index contributed by atoms with van der Waals surface area (Å²) >= 11 is 0. The molecule has 0 atom stereocenters. The number of hydrogen-bond donors (Lipinski definition) is 1. The largest absolute Gasteiger partial charge is 0.497 e. The van der Waals surface area contributed by atoms with Crippen LogP contribution in [0.3, 0.4) is 0 Å². The number of rotatable bonds is 6. The lowest BCUT2D eigenvalue weighted by molar-refractivity contribution is -0.118. The fraction of sp³-hybridized carbons (Fsp3) is 0.267. The van der Waals surface area contributed by atoms with Crippen LogP contribution in [-0.4, -0.2) is 19.6 Å². The molecular formula is C30H31NO5. The molecule has 0 saturated carbocycles. The van der Waals surface area contributed by atoms with Gasteiger partial charge in [0, 0.05) is 11.3 Å². The highest BCUT2D eigenvalue weighted by Crippen LogP contribution is 2.33. The average Bonchev–Trinajstić information content (AvgIpc) is 2.84. The first-order chi connectivity index (χ1) is 17.1. The second kappa shape index (κ2) is 9.90. The number of nitrogens with one attached hydrogen (secondary N) is 1. The van der Waals surface area contributed by atoms with Gasteiger partial charge in [0.15, 0.2) is 12.4 Å². The Hall–Kier alpha value is -4.06. The molecule has 0 aliphatic carbocycles. The van der Waals surface area contributed by atoms with Crippen molar-refractivity contribution in [2.75, 3.05) is 19.0 Å². The van der Waals surface area contributed by atoms with Crippen LogP contribution in [-0.2, 0) is 10.2 Å². The molecule has 3 aromatic carbocycles. The van der Waals surface area contributed by atoms with E-state index in [9.17, 15) is 9.59 Å². The lowest BCUT2D eigenvalue weighted by Gasteiger charge is -2.19. The molecule has 0 aliphatic heterocycles. The van der Waals surface area contributed by atoms with Crippen LogP contribution in [0, 0.1) is 13.8 Å². The lowest BCUT2D eigenvalue weighted by Crippen LogP contribution is -2.22. The highest BCUT2D eigenvalue weighted by Gasteiger charge is 2.21. The summed E-state index contributed by atoms with van der Waals surface area (Å²) in [5.41, 5.74) is 4.59. The number of carbonyl (C=O) groups excluding carboxylic acids is 1. The van der Waals surface area contributed by atoms with Gasteiger partial charge in [0.05, 0.1) is 12.5 Å². The van der Waals surface area contributed by atoms with Crippen LogP contribution in [0.15, 0.2) is 69.9 Å². The van der Waals surface area contributed by atoms with E-state index in [4.69, 9.17) is 13.9 Å². The van der Waals surface area contributed by atoms with Crippen molar-refractivity contribution in [3.63, 3.8) is 0 Å². The molecule has 186 valence electrons. The molecule has 1 heterocycles. The molecular weight excluding hydrogens is 454 g/mol. The second-order valence-corrected chi connectivity index (χ2v) is 9.91. The maximum atomic E-state index is 13.5. The third-order valence-electron chi connectivity index (χ3n) is 6.20. The summed E-state index contributed by atoms with van der Waals surface area (Å²) in [6, 6.07) is 18.5. The Bertz CT molecular complexity index is 1460. The highest BCUT2D eigenvalue weighted by molar-refractivity contribution is 5.92. The van der Waals surface area contributed by atoms with E-state index in [1.807, 2.05) is 44.2 Å². The third kappa shape index (κ3) is 5.28. The van der Waals surface area contributed by atoms with Gasteiger partial charge in [-0.2, -0.15) is 0 Å². The first kappa shape index (κ1) is 25.0. The molecule has 6 heteroatoms. The van der Waals surface area contributed by atoms with Crippen LogP contribution in [0.4, 0.5) is 5.69 Å². The van der Waals surface area contributed by atoms with Gasteiger partial charge >= 0.3 is 0 Å². The third-order valence-corrected chi connectivity index (χ3v) is 6.20. The molecule has 36 heavy (non-hydrogen) atoms. The first-order valence-corrected chi connectivity index (χ1v) is 11.8. The molecule has 6 nitrogen and oxygen atoms in total.